The van der Waals surface area contributed by atoms with Crippen LogP contribution in [-0.4, -0.2) is 43.1 Å². The molecule has 2 atom stereocenters. The molecular weight excluding hydrogens is 317 g/mol. The zero-order valence-electron chi connectivity index (χ0n) is 13.1. The normalized spacial score (nSPS) is 17.5. The van der Waals surface area contributed by atoms with Crippen molar-refractivity contribution in [2.75, 3.05) is 29.7 Å². The maximum Gasteiger partial charge on any atom is 0.0843 e. The number of alkyl halides is 2. The lowest BCUT2D eigenvalue weighted by Crippen LogP contribution is -2.28. The zero-order chi connectivity index (χ0) is 15.9. The Kier molecular flexibility index (Phi) is 7.00. The SMILES string of the molecule is Cc1ccc(N(CCCl)CCCl)cc1CC(N)CCC1C=N1. The Hall–Kier alpha value is -0.770. The van der Waals surface area contributed by atoms with E-state index in [9.17, 15) is 0 Å². The van der Waals surface area contributed by atoms with Crippen LogP contribution in [0.15, 0.2) is 23.2 Å². The van der Waals surface area contributed by atoms with E-state index in [0.29, 0.717) is 17.8 Å². The molecule has 2 N–H and O–H groups in total. The van der Waals surface area contributed by atoms with Crippen LogP contribution in [0.3, 0.4) is 0 Å². The van der Waals surface area contributed by atoms with Gasteiger partial charge in [0.15, 0.2) is 0 Å². The monoisotopic (exact) mass is 341 g/mol. The quantitative estimate of drug-likeness (QED) is 0.663. The molecule has 0 bridgehead atoms. The lowest BCUT2D eigenvalue weighted by molar-refractivity contribution is 0.580. The summed E-state index contributed by atoms with van der Waals surface area (Å²) in [6.45, 7) is 3.76. The van der Waals surface area contributed by atoms with Gasteiger partial charge in [-0.3, -0.25) is 4.99 Å². The number of anilines is 1. The summed E-state index contributed by atoms with van der Waals surface area (Å²) in [6.07, 6.45) is 4.99. The molecule has 3 nitrogen and oxygen atoms in total. The van der Waals surface area contributed by atoms with Crippen molar-refractivity contribution in [3.05, 3.63) is 29.3 Å². The van der Waals surface area contributed by atoms with Gasteiger partial charge in [0.05, 0.1) is 6.04 Å². The van der Waals surface area contributed by atoms with Crippen molar-refractivity contribution in [1.82, 2.24) is 0 Å². The van der Waals surface area contributed by atoms with Gasteiger partial charge >= 0.3 is 0 Å². The highest BCUT2D eigenvalue weighted by molar-refractivity contribution is 6.18. The molecule has 1 aliphatic rings. The number of halogens is 2. The Morgan fingerprint density at radius 1 is 1.27 bits per heavy atom. The second-order valence-electron chi connectivity index (χ2n) is 5.88. The summed E-state index contributed by atoms with van der Waals surface area (Å²) in [5.74, 6) is 1.20. The molecule has 0 spiro atoms. The maximum atomic E-state index is 6.28. The molecule has 0 fully saturated rings. The van der Waals surface area contributed by atoms with E-state index in [1.165, 1.54) is 16.8 Å². The number of hydrogen-bond acceptors (Lipinski definition) is 3. The van der Waals surface area contributed by atoms with Gasteiger partial charge < -0.3 is 10.6 Å². The van der Waals surface area contributed by atoms with Crippen LogP contribution in [-0.2, 0) is 6.42 Å². The number of rotatable bonds is 10. The number of aliphatic imine (C=N–C) groups is 1. The van der Waals surface area contributed by atoms with Gasteiger partial charge in [-0.25, -0.2) is 0 Å². The van der Waals surface area contributed by atoms with Crippen LogP contribution in [0.4, 0.5) is 5.69 Å². The molecule has 1 aromatic rings. The molecule has 1 aromatic carbocycles. The summed E-state index contributed by atoms with van der Waals surface area (Å²) in [5.41, 5.74) is 10.1. The number of nitrogens with zero attached hydrogens (tertiary/aromatic N) is 2. The third kappa shape index (κ3) is 5.45. The standard InChI is InChI=1S/C17H25Cl2N3/c1-13-2-5-17(22(8-6-18)9-7-19)11-14(13)10-15(20)3-4-16-12-21-16/h2,5,11-12,15-16H,3-4,6-10,20H2,1H3. The minimum Gasteiger partial charge on any atom is -0.369 e. The van der Waals surface area contributed by atoms with E-state index in [-0.39, 0.29) is 6.04 Å². The van der Waals surface area contributed by atoms with Crippen molar-refractivity contribution in [3.8, 4) is 0 Å². The first-order valence-electron chi connectivity index (χ1n) is 7.89. The van der Waals surface area contributed by atoms with Crippen molar-refractivity contribution >= 4 is 35.1 Å². The van der Waals surface area contributed by atoms with E-state index in [0.717, 1.165) is 32.4 Å². The molecule has 1 heterocycles. The van der Waals surface area contributed by atoms with E-state index in [1.54, 1.807) is 0 Å². The first kappa shape index (κ1) is 17.6. The molecule has 0 aromatic heterocycles. The number of hydrogen-bond donors (Lipinski definition) is 1. The molecule has 0 radical (unpaired) electrons. The van der Waals surface area contributed by atoms with Crippen molar-refractivity contribution < 1.29 is 0 Å². The molecule has 1 aliphatic heterocycles. The number of aryl methyl sites for hydroxylation is 1. The summed E-state index contributed by atoms with van der Waals surface area (Å²) < 4.78 is 0. The lowest BCUT2D eigenvalue weighted by Gasteiger charge is -2.24. The van der Waals surface area contributed by atoms with Crippen LogP contribution in [0.2, 0.25) is 0 Å². The van der Waals surface area contributed by atoms with Crippen molar-refractivity contribution in [3.63, 3.8) is 0 Å². The molecule has 2 unspecified atom stereocenters. The van der Waals surface area contributed by atoms with E-state index < -0.39 is 0 Å². The Balaban J connectivity index is 2.00. The van der Waals surface area contributed by atoms with Crippen molar-refractivity contribution in [2.24, 2.45) is 10.7 Å². The second-order valence-corrected chi connectivity index (χ2v) is 6.64. The predicted molar refractivity (Wildman–Crippen MR) is 98.0 cm³/mol. The van der Waals surface area contributed by atoms with Gasteiger partial charge in [-0.05, 0) is 49.4 Å². The van der Waals surface area contributed by atoms with Gasteiger partial charge in [-0.2, -0.15) is 0 Å². The van der Waals surface area contributed by atoms with Gasteiger partial charge in [0.2, 0.25) is 0 Å². The van der Waals surface area contributed by atoms with E-state index in [1.807, 2.05) is 6.21 Å². The van der Waals surface area contributed by atoms with Crippen LogP contribution in [0, 0.1) is 6.92 Å². The zero-order valence-corrected chi connectivity index (χ0v) is 14.7. The highest BCUT2D eigenvalue weighted by Crippen LogP contribution is 2.22. The van der Waals surface area contributed by atoms with E-state index in [4.69, 9.17) is 28.9 Å². The highest BCUT2D eigenvalue weighted by Gasteiger charge is 2.16. The Morgan fingerprint density at radius 3 is 2.55 bits per heavy atom. The average molecular weight is 342 g/mol. The Labute approximate surface area is 143 Å². The van der Waals surface area contributed by atoms with Crippen LogP contribution < -0.4 is 10.6 Å². The van der Waals surface area contributed by atoms with Crippen molar-refractivity contribution in [2.45, 2.75) is 38.3 Å². The van der Waals surface area contributed by atoms with Gasteiger partial charge in [0.25, 0.3) is 0 Å². The predicted octanol–water partition coefficient (Wildman–Crippen LogP) is 3.38. The largest absolute Gasteiger partial charge is 0.369 e. The summed E-state index contributed by atoms with van der Waals surface area (Å²) in [7, 11) is 0. The molecule has 0 saturated carbocycles. The fourth-order valence-corrected chi connectivity index (χ4v) is 3.04. The first-order valence-corrected chi connectivity index (χ1v) is 8.96. The summed E-state index contributed by atoms with van der Waals surface area (Å²) in [5, 5.41) is 0. The Morgan fingerprint density at radius 2 is 1.95 bits per heavy atom. The van der Waals surface area contributed by atoms with Gasteiger partial charge in [-0.1, -0.05) is 6.07 Å². The summed E-state index contributed by atoms with van der Waals surface area (Å²) in [6, 6.07) is 7.19. The maximum absolute atomic E-state index is 6.28. The molecule has 22 heavy (non-hydrogen) atoms. The van der Waals surface area contributed by atoms with E-state index in [2.05, 4.69) is 35.0 Å². The fourth-order valence-electron chi connectivity index (χ4n) is 2.63. The molecule has 122 valence electrons. The Bertz CT molecular complexity index is 493. The summed E-state index contributed by atoms with van der Waals surface area (Å²) >= 11 is 11.8. The van der Waals surface area contributed by atoms with Gasteiger partial charge in [0.1, 0.15) is 0 Å². The molecule has 5 heteroatoms. The second kappa shape index (κ2) is 8.76. The smallest absolute Gasteiger partial charge is 0.0843 e. The van der Waals surface area contributed by atoms with Crippen LogP contribution in [0.5, 0.6) is 0 Å². The third-order valence-electron chi connectivity index (χ3n) is 4.08. The molecule has 2 rings (SSSR count). The first-order chi connectivity index (χ1) is 10.6. The fraction of sp³-hybridized carbons (Fsp3) is 0.588. The molecule has 0 saturated heterocycles. The molecule has 0 amide bonds. The minimum atomic E-state index is 0.188. The van der Waals surface area contributed by atoms with E-state index >= 15 is 0 Å². The van der Waals surface area contributed by atoms with Crippen LogP contribution >= 0.6 is 23.2 Å². The summed E-state index contributed by atoms with van der Waals surface area (Å²) in [4.78, 5) is 6.39. The lowest BCUT2D eigenvalue weighted by atomic mass is 9.97. The topological polar surface area (TPSA) is 41.6 Å². The number of benzene rings is 1. The van der Waals surface area contributed by atoms with Gasteiger partial charge in [0, 0.05) is 42.8 Å². The molecule has 0 aliphatic carbocycles. The van der Waals surface area contributed by atoms with Gasteiger partial charge in [-0.15, -0.1) is 23.2 Å². The molecular formula is C17H25Cl2N3. The number of nitrogens with two attached hydrogens (primary N) is 1. The highest BCUT2D eigenvalue weighted by atomic mass is 35.5. The average Bonchev–Trinajstić information content (AvgIpc) is 3.31. The van der Waals surface area contributed by atoms with Crippen LogP contribution in [0.25, 0.3) is 0 Å². The van der Waals surface area contributed by atoms with Crippen LogP contribution in [0.1, 0.15) is 24.0 Å². The third-order valence-corrected chi connectivity index (χ3v) is 4.42. The minimum absolute atomic E-state index is 0.188. The van der Waals surface area contributed by atoms with Crippen molar-refractivity contribution in [1.29, 1.82) is 0 Å².